The molecule has 1 aromatic heterocycles. The van der Waals surface area contributed by atoms with Gasteiger partial charge < -0.3 is 9.47 Å². The van der Waals surface area contributed by atoms with Crippen LogP contribution in [-0.4, -0.2) is 4.57 Å². The highest BCUT2D eigenvalue weighted by Crippen LogP contribution is 2.43. The second-order valence-electron chi connectivity index (χ2n) is 15.7. The van der Waals surface area contributed by atoms with E-state index in [1.165, 1.54) is 71.9 Å². The molecule has 0 aliphatic carbocycles. The summed E-state index contributed by atoms with van der Waals surface area (Å²) in [5.74, 6) is 0. The van der Waals surface area contributed by atoms with E-state index in [0.29, 0.717) is 0 Å². The van der Waals surface area contributed by atoms with Crippen molar-refractivity contribution in [3.63, 3.8) is 0 Å². The summed E-state index contributed by atoms with van der Waals surface area (Å²) in [6, 6.07) is 92.0. The van der Waals surface area contributed by atoms with Gasteiger partial charge in [0.25, 0.3) is 0 Å². The van der Waals surface area contributed by atoms with Crippen LogP contribution in [0.5, 0.6) is 0 Å². The summed E-state index contributed by atoms with van der Waals surface area (Å²) in [4.78, 5) is 2.39. The lowest BCUT2D eigenvalue weighted by molar-refractivity contribution is 1.18. The summed E-state index contributed by atoms with van der Waals surface area (Å²) in [7, 11) is 0. The Labute approximate surface area is 362 Å². The maximum absolute atomic E-state index is 2.43. The number of aromatic nitrogens is 1. The molecule has 0 bridgehead atoms. The Morgan fingerprint density at radius 3 is 1.29 bits per heavy atom. The van der Waals surface area contributed by atoms with Crippen LogP contribution in [0.1, 0.15) is 0 Å². The summed E-state index contributed by atoms with van der Waals surface area (Å²) in [6.07, 6.45) is 0. The Kier molecular flexibility index (Phi) is 9.57. The fourth-order valence-corrected chi connectivity index (χ4v) is 8.99. The number of benzene rings is 10. The average Bonchev–Trinajstić information content (AvgIpc) is 3.69. The minimum atomic E-state index is 1.08. The Morgan fingerprint density at radius 2 is 0.661 bits per heavy atom. The average molecular weight is 791 g/mol. The quantitative estimate of drug-likeness (QED) is 0.141. The zero-order valence-electron chi connectivity index (χ0n) is 34.1. The first-order chi connectivity index (χ1) is 30.8. The van der Waals surface area contributed by atoms with Crippen LogP contribution in [0.25, 0.3) is 83.1 Å². The molecule has 2 heteroatoms. The van der Waals surface area contributed by atoms with Gasteiger partial charge in [-0.3, -0.25) is 0 Å². The molecule has 10 aromatic carbocycles. The predicted molar refractivity (Wildman–Crippen MR) is 263 cm³/mol. The molecule has 0 amide bonds. The number of nitrogens with zero attached hydrogens (tertiary/aromatic N) is 2. The van der Waals surface area contributed by atoms with Crippen LogP contribution < -0.4 is 4.90 Å². The molecule has 0 spiro atoms. The topological polar surface area (TPSA) is 8.17 Å². The van der Waals surface area contributed by atoms with Gasteiger partial charge in [-0.05, 0) is 99.1 Å². The number of rotatable bonds is 9. The molecule has 0 unspecified atom stereocenters. The molecule has 62 heavy (non-hydrogen) atoms. The lowest BCUT2D eigenvalue weighted by Gasteiger charge is -2.28. The zero-order chi connectivity index (χ0) is 41.2. The van der Waals surface area contributed by atoms with Crippen molar-refractivity contribution in [2.24, 2.45) is 0 Å². The molecule has 0 aliphatic rings. The highest BCUT2D eigenvalue weighted by molar-refractivity contribution is 6.11. The van der Waals surface area contributed by atoms with Gasteiger partial charge in [0.2, 0.25) is 0 Å². The molecule has 0 aliphatic heterocycles. The van der Waals surface area contributed by atoms with Crippen molar-refractivity contribution in [3.05, 3.63) is 255 Å². The molecule has 0 saturated carbocycles. The van der Waals surface area contributed by atoms with Crippen molar-refractivity contribution < 1.29 is 0 Å². The highest BCUT2D eigenvalue weighted by Gasteiger charge is 2.20. The van der Waals surface area contributed by atoms with Crippen molar-refractivity contribution in [2.45, 2.75) is 0 Å². The minimum Gasteiger partial charge on any atom is -0.310 e. The number of hydrogen-bond donors (Lipinski definition) is 0. The van der Waals surface area contributed by atoms with E-state index in [-0.39, 0.29) is 0 Å². The first-order valence-electron chi connectivity index (χ1n) is 21.3. The van der Waals surface area contributed by atoms with Crippen molar-refractivity contribution in [2.75, 3.05) is 4.90 Å². The monoisotopic (exact) mass is 790 g/mol. The van der Waals surface area contributed by atoms with Crippen LogP contribution in [0.2, 0.25) is 0 Å². The second-order valence-corrected chi connectivity index (χ2v) is 15.7. The standard InChI is InChI=1S/C60H42N2/c1-4-16-43(17-5-1)45-28-30-46(31-29-45)47-32-37-51(38-33-47)61(57-25-13-10-22-53(57)48-20-8-3-9-21-48)52-39-34-49(35-40-52)54-23-11-14-26-58(54)62-59-27-15-12-24-55(59)56-42-50(36-41-60(56)62)44-18-6-2-7-19-44/h1-42H. The third kappa shape index (κ3) is 6.84. The summed E-state index contributed by atoms with van der Waals surface area (Å²) < 4.78 is 2.43. The zero-order valence-corrected chi connectivity index (χ0v) is 34.1. The SMILES string of the molecule is c1ccc(-c2ccc(-c3ccc(N(c4ccc(-c5ccccc5-n5c6ccccc6c6cc(-c7ccccc7)ccc65)cc4)c4ccccc4-c4ccccc4)cc3)cc2)cc1. The normalized spacial score (nSPS) is 11.2. The van der Waals surface area contributed by atoms with Crippen LogP contribution in [0.4, 0.5) is 17.1 Å². The van der Waals surface area contributed by atoms with Gasteiger partial charge >= 0.3 is 0 Å². The van der Waals surface area contributed by atoms with Crippen LogP contribution in [0.3, 0.4) is 0 Å². The third-order valence-electron chi connectivity index (χ3n) is 12.0. The van der Waals surface area contributed by atoms with Gasteiger partial charge in [-0.25, -0.2) is 0 Å². The van der Waals surface area contributed by atoms with E-state index in [4.69, 9.17) is 0 Å². The van der Waals surface area contributed by atoms with Crippen LogP contribution in [0, 0.1) is 0 Å². The molecule has 0 atom stereocenters. The van der Waals surface area contributed by atoms with E-state index < -0.39 is 0 Å². The lowest BCUT2D eigenvalue weighted by atomic mass is 9.99. The highest BCUT2D eigenvalue weighted by atomic mass is 15.1. The maximum Gasteiger partial charge on any atom is 0.0541 e. The summed E-state index contributed by atoms with van der Waals surface area (Å²) in [6.45, 7) is 0. The van der Waals surface area contributed by atoms with Gasteiger partial charge in [-0.2, -0.15) is 0 Å². The number of para-hydroxylation sites is 3. The van der Waals surface area contributed by atoms with Gasteiger partial charge in [0.15, 0.2) is 0 Å². The summed E-state index contributed by atoms with van der Waals surface area (Å²) >= 11 is 0. The molecule has 292 valence electrons. The maximum atomic E-state index is 2.43. The largest absolute Gasteiger partial charge is 0.310 e. The van der Waals surface area contributed by atoms with Gasteiger partial charge in [-0.1, -0.05) is 200 Å². The van der Waals surface area contributed by atoms with E-state index >= 15 is 0 Å². The molecule has 11 aromatic rings. The third-order valence-corrected chi connectivity index (χ3v) is 12.0. The number of fused-ring (bicyclic) bond motifs is 3. The van der Waals surface area contributed by atoms with Crippen LogP contribution in [-0.2, 0) is 0 Å². The van der Waals surface area contributed by atoms with E-state index in [2.05, 4.69) is 264 Å². The lowest BCUT2D eigenvalue weighted by Crippen LogP contribution is -2.11. The first-order valence-corrected chi connectivity index (χ1v) is 21.3. The summed E-state index contributed by atoms with van der Waals surface area (Å²) in [5, 5.41) is 2.49. The molecule has 1 heterocycles. The molecular weight excluding hydrogens is 749 g/mol. The van der Waals surface area contributed by atoms with Crippen molar-refractivity contribution in [1.29, 1.82) is 0 Å². The van der Waals surface area contributed by atoms with E-state index in [1.807, 2.05) is 0 Å². The molecule has 0 fully saturated rings. The predicted octanol–water partition coefficient (Wildman–Crippen LogP) is 16.6. The van der Waals surface area contributed by atoms with Gasteiger partial charge in [0.05, 0.1) is 22.4 Å². The Hall–Kier alpha value is -8.20. The number of anilines is 3. The first kappa shape index (κ1) is 36.8. The molecule has 0 saturated heterocycles. The minimum absolute atomic E-state index is 1.08. The van der Waals surface area contributed by atoms with Crippen LogP contribution >= 0.6 is 0 Å². The van der Waals surface area contributed by atoms with Crippen LogP contribution in [0.15, 0.2) is 255 Å². The van der Waals surface area contributed by atoms with E-state index in [0.717, 1.165) is 28.3 Å². The molecule has 0 radical (unpaired) electrons. The van der Waals surface area contributed by atoms with Gasteiger partial charge in [-0.15, -0.1) is 0 Å². The van der Waals surface area contributed by atoms with Crippen molar-refractivity contribution in [1.82, 2.24) is 4.57 Å². The van der Waals surface area contributed by atoms with Gasteiger partial charge in [0, 0.05) is 33.3 Å². The van der Waals surface area contributed by atoms with Crippen molar-refractivity contribution in [3.8, 4) is 61.3 Å². The second kappa shape index (κ2) is 16.1. The van der Waals surface area contributed by atoms with Gasteiger partial charge in [0.1, 0.15) is 0 Å². The molecule has 2 nitrogen and oxygen atoms in total. The summed E-state index contributed by atoms with van der Waals surface area (Å²) in [5.41, 5.74) is 18.7. The Morgan fingerprint density at radius 1 is 0.258 bits per heavy atom. The molecule has 0 N–H and O–H groups in total. The van der Waals surface area contributed by atoms with E-state index in [1.54, 1.807) is 0 Å². The van der Waals surface area contributed by atoms with Crippen molar-refractivity contribution >= 4 is 38.9 Å². The fourth-order valence-electron chi connectivity index (χ4n) is 8.99. The Balaban J connectivity index is 0.992. The molecule has 11 rings (SSSR count). The fraction of sp³-hybridized carbons (Fsp3) is 0. The molecular formula is C60H42N2. The van der Waals surface area contributed by atoms with E-state index in [9.17, 15) is 0 Å². The Bertz CT molecular complexity index is 3290. The smallest absolute Gasteiger partial charge is 0.0541 e. The number of hydrogen-bond acceptors (Lipinski definition) is 1.